The molecule has 1 aromatic carbocycles. The molecule has 3 aromatic rings. The summed E-state index contributed by atoms with van der Waals surface area (Å²) in [6.45, 7) is 3.50. The minimum Gasteiger partial charge on any atom is -0.408 e. The maximum Gasteiger partial charge on any atom is 0.322 e. The van der Waals surface area contributed by atoms with Crippen LogP contribution in [0.4, 0.5) is 14.8 Å². The number of hydrogen-bond acceptors (Lipinski definition) is 7. The Bertz CT molecular complexity index is 1340. The zero-order chi connectivity index (χ0) is 22.7. The van der Waals surface area contributed by atoms with E-state index in [0.717, 1.165) is 12.0 Å². The highest BCUT2D eigenvalue weighted by Gasteiger charge is 3.01. The van der Waals surface area contributed by atoms with E-state index in [1.165, 1.54) is 18.2 Å². The van der Waals surface area contributed by atoms with Crippen molar-refractivity contribution in [2.45, 2.75) is 44.3 Å². The van der Waals surface area contributed by atoms with E-state index in [1.54, 1.807) is 13.0 Å². The Morgan fingerprint density at radius 1 is 1.27 bits per heavy atom. The predicted molar refractivity (Wildman–Crippen MR) is 109 cm³/mol. The van der Waals surface area contributed by atoms with Crippen LogP contribution in [-0.4, -0.2) is 32.4 Å². The zero-order valence-electron chi connectivity index (χ0n) is 17.8. The van der Waals surface area contributed by atoms with Crippen LogP contribution in [0.1, 0.15) is 42.8 Å². The number of rotatable bonds is 6. The van der Waals surface area contributed by atoms with Gasteiger partial charge in [0.15, 0.2) is 0 Å². The summed E-state index contributed by atoms with van der Waals surface area (Å²) >= 11 is 0. The van der Waals surface area contributed by atoms with E-state index in [2.05, 4.69) is 25.7 Å². The fraction of sp³-hybridized carbons (Fsp3) is 0.435. The molecule has 0 bridgehead atoms. The average Bonchev–Trinajstić information content (AvgIpc) is 3.54. The van der Waals surface area contributed by atoms with Crippen molar-refractivity contribution in [3.8, 4) is 11.3 Å². The van der Waals surface area contributed by atoms with Gasteiger partial charge in [-0.1, -0.05) is 18.1 Å². The first-order valence-corrected chi connectivity index (χ1v) is 11.0. The number of hydrogen-bond donors (Lipinski definition) is 1. The lowest BCUT2D eigenvalue weighted by Gasteiger charge is -2.54. The first-order chi connectivity index (χ1) is 15.9. The molecule has 3 unspecified atom stereocenters. The number of carbonyl (C=O) groups excluding carboxylic acids is 1. The molecule has 7 rings (SSSR count). The van der Waals surface area contributed by atoms with Gasteiger partial charge in [0, 0.05) is 12.8 Å². The van der Waals surface area contributed by atoms with Crippen LogP contribution in [0.15, 0.2) is 28.7 Å². The van der Waals surface area contributed by atoms with Crippen LogP contribution in [0.25, 0.3) is 11.3 Å². The van der Waals surface area contributed by atoms with Crippen LogP contribution in [0.5, 0.6) is 0 Å². The number of nitrogens with one attached hydrogen (secondary N) is 1. The monoisotopic (exact) mass is 451 g/mol. The highest BCUT2D eigenvalue weighted by atomic mass is 19.1. The van der Waals surface area contributed by atoms with E-state index in [0.29, 0.717) is 35.8 Å². The van der Waals surface area contributed by atoms with Crippen molar-refractivity contribution in [2.75, 3.05) is 5.32 Å². The smallest absolute Gasteiger partial charge is 0.322 e. The van der Waals surface area contributed by atoms with Crippen molar-refractivity contribution in [3.63, 3.8) is 0 Å². The summed E-state index contributed by atoms with van der Waals surface area (Å²) < 4.78 is 40.4. The van der Waals surface area contributed by atoms with Gasteiger partial charge in [0.2, 0.25) is 5.89 Å². The van der Waals surface area contributed by atoms with Gasteiger partial charge in [-0.2, -0.15) is 5.10 Å². The van der Waals surface area contributed by atoms with E-state index in [4.69, 9.17) is 9.15 Å². The Balaban J connectivity index is 1.22. The van der Waals surface area contributed by atoms with E-state index < -0.39 is 23.3 Å². The predicted octanol–water partition coefficient (Wildman–Crippen LogP) is 3.49. The largest absolute Gasteiger partial charge is 0.408 e. The van der Waals surface area contributed by atoms with Crippen LogP contribution < -0.4 is 5.32 Å². The number of fused-ring (bicyclic) bond motifs is 3. The minimum absolute atomic E-state index is 0.0249. The Morgan fingerprint density at radius 2 is 2.06 bits per heavy atom. The van der Waals surface area contributed by atoms with Gasteiger partial charge in [-0.25, -0.2) is 8.78 Å². The number of amides is 1. The van der Waals surface area contributed by atoms with Crippen LogP contribution in [0.2, 0.25) is 0 Å². The molecule has 0 aliphatic heterocycles. The number of halogens is 2. The van der Waals surface area contributed by atoms with Gasteiger partial charge in [-0.15, -0.1) is 10.2 Å². The molecule has 1 spiro atoms. The van der Waals surface area contributed by atoms with Crippen molar-refractivity contribution in [3.05, 3.63) is 53.0 Å². The number of aromatic nitrogens is 4. The Morgan fingerprint density at radius 3 is 2.70 bits per heavy atom. The highest BCUT2D eigenvalue weighted by molar-refractivity contribution is 5.92. The first kappa shape index (κ1) is 19.2. The van der Waals surface area contributed by atoms with Crippen LogP contribution >= 0.6 is 0 Å². The van der Waals surface area contributed by atoms with Gasteiger partial charge < -0.3 is 9.15 Å². The number of carbonyl (C=O) groups is 1. The molecule has 8 nitrogen and oxygen atoms in total. The second-order valence-corrected chi connectivity index (χ2v) is 9.42. The highest BCUT2D eigenvalue weighted by Crippen LogP contribution is 3.04. The van der Waals surface area contributed by atoms with Crippen molar-refractivity contribution >= 4 is 11.9 Å². The minimum atomic E-state index is -0.746. The molecule has 4 aliphatic rings. The molecular weight excluding hydrogens is 432 g/mol. The topological polar surface area (TPSA) is 103 Å². The van der Waals surface area contributed by atoms with Gasteiger partial charge in [-0.05, 0) is 53.9 Å². The number of aryl methyl sites for hydroxylation is 1. The lowest BCUT2D eigenvalue weighted by atomic mass is 9.57. The molecule has 0 saturated heterocycles. The summed E-state index contributed by atoms with van der Waals surface area (Å²) in [4.78, 5) is 12.9. The molecule has 2 heterocycles. The molecule has 3 saturated carbocycles. The molecule has 4 aliphatic carbocycles. The Kier molecular flexibility index (Phi) is 3.49. The molecule has 3 fully saturated rings. The average molecular weight is 451 g/mol. The molecule has 10 heteroatoms. The lowest BCUT2D eigenvalue weighted by molar-refractivity contribution is -0.197. The van der Waals surface area contributed by atoms with E-state index in [1.807, 2.05) is 6.92 Å². The molecule has 2 aromatic heterocycles. The third-order valence-corrected chi connectivity index (χ3v) is 7.90. The number of benzene rings is 1. The van der Waals surface area contributed by atoms with E-state index in [-0.39, 0.29) is 28.6 Å². The summed E-state index contributed by atoms with van der Waals surface area (Å²) in [5.74, 6) is -0.234. The summed E-state index contributed by atoms with van der Waals surface area (Å²) in [6.07, 6.45) is 0.485. The lowest BCUT2D eigenvalue weighted by Crippen LogP contribution is -2.56. The maximum atomic E-state index is 14.3. The third-order valence-electron chi connectivity index (χ3n) is 7.90. The second kappa shape index (κ2) is 5.99. The molecular formula is C23H19F2N5O3. The molecule has 6 atom stereocenters. The molecule has 1 amide bonds. The zero-order valence-corrected chi connectivity index (χ0v) is 17.8. The molecule has 1 N–H and O–H groups in total. The molecule has 33 heavy (non-hydrogen) atoms. The van der Waals surface area contributed by atoms with E-state index in [9.17, 15) is 13.6 Å². The molecule has 0 radical (unpaired) electrons. The standard InChI is InChI=1S/C23H19F2N5O3/c1-3-14(20(31)26-21-30-27-9(2)32-21)33-23-8-22-16(17(22)18(22)23)10-7-13(28-29-19(10)23)15-11(24)5-4-6-12(15)25/h4-7,14,16-18H,3,8H2,1-2H3,(H,26,30,31)/t14-,16-,17?,18?,22?,23+/m1/s1. The van der Waals surface area contributed by atoms with E-state index >= 15 is 0 Å². The van der Waals surface area contributed by atoms with Crippen molar-refractivity contribution in [1.29, 1.82) is 0 Å². The fourth-order valence-corrected chi connectivity index (χ4v) is 6.57. The summed E-state index contributed by atoms with van der Waals surface area (Å²) in [5, 5.41) is 18.7. The van der Waals surface area contributed by atoms with Gasteiger partial charge in [-0.3, -0.25) is 10.1 Å². The van der Waals surface area contributed by atoms with Crippen LogP contribution in [0, 0.1) is 35.8 Å². The van der Waals surface area contributed by atoms with Gasteiger partial charge in [0.25, 0.3) is 5.91 Å². The van der Waals surface area contributed by atoms with Gasteiger partial charge in [0.1, 0.15) is 23.3 Å². The number of ether oxygens (including phenoxy) is 1. The third kappa shape index (κ3) is 2.24. The first-order valence-electron chi connectivity index (χ1n) is 11.0. The SMILES string of the molecule is CC[C@@H](O[C@@]12CC34C(C31)[C@H]4c1cc(-c3c(F)cccc3F)nnc12)C(=O)Nc1nnc(C)o1. The van der Waals surface area contributed by atoms with Crippen molar-refractivity contribution < 1.29 is 22.7 Å². The number of anilines is 1. The second-order valence-electron chi connectivity index (χ2n) is 9.42. The summed E-state index contributed by atoms with van der Waals surface area (Å²) in [5.41, 5.74) is 1.12. The van der Waals surface area contributed by atoms with Crippen molar-refractivity contribution in [1.82, 2.24) is 20.4 Å². The quantitative estimate of drug-likeness (QED) is 0.612. The van der Waals surface area contributed by atoms with Gasteiger partial charge in [0.05, 0.1) is 17.0 Å². The maximum absolute atomic E-state index is 14.3. The summed E-state index contributed by atoms with van der Waals surface area (Å²) in [6, 6.07) is 5.51. The van der Waals surface area contributed by atoms with Crippen LogP contribution in [0.3, 0.4) is 0 Å². The van der Waals surface area contributed by atoms with Gasteiger partial charge >= 0.3 is 6.01 Å². The fourth-order valence-electron chi connectivity index (χ4n) is 6.57. The number of nitrogens with zero attached hydrogens (tertiary/aromatic N) is 4. The normalized spacial score (nSPS) is 32.3. The Labute approximate surface area is 186 Å². The van der Waals surface area contributed by atoms with Crippen molar-refractivity contribution in [2.24, 2.45) is 17.3 Å². The molecule has 168 valence electrons. The Hall–Kier alpha value is -3.27. The summed E-state index contributed by atoms with van der Waals surface area (Å²) in [7, 11) is 0. The van der Waals surface area contributed by atoms with Crippen LogP contribution in [-0.2, 0) is 15.1 Å².